The summed E-state index contributed by atoms with van der Waals surface area (Å²) in [7, 11) is 0. The molecule has 4 nitrogen and oxygen atoms in total. The number of thiophene rings is 1. The molecule has 18 heavy (non-hydrogen) atoms. The lowest BCUT2D eigenvalue weighted by Gasteiger charge is -2.10. The van der Waals surface area contributed by atoms with Gasteiger partial charge in [0.15, 0.2) is 5.78 Å². The Balaban J connectivity index is 2.47. The van der Waals surface area contributed by atoms with E-state index in [2.05, 4.69) is 5.32 Å². The van der Waals surface area contributed by atoms with Crippen molar-refractivity contribution in [1.29, 1.82) is 0 Å². The number of carbonyl (C=O) groups excluding carboxylic acids is 2. The van der Waals surface area contributed by atoms with Crippen LogP contribution in [0.2, 0.25) is 0 Å². The molecule has 1 atom stereocenters. The van der Waals surface area contributed by atoms with Crippen LogP contribution in [0.4, 0.5) is 0 Å². The molecule has 0 saturated heterocycles. The zero-order valence-corrected chi connectivity index (χ0v) is 11.8. The van der Waals surface area contributed by atoms with Crippen molar-refractivity contribution < 1.29 is 14.7 Å². The zero-order chi connectivity index (χ0) is 13.7. The van der Waals surface area contributed by atoms with Crippen LogP contribution in [0.25, 0.3) is 0 Å². The van der Waals surface area contributed by atoms with Crippen molar-refractivity contribution in [3.8, 4) is 0 Å². The molecule has 0 radical (unpaired) electrons. The third kappa shape index (κ3) is 4.23. The smallest absolute Gasteiger partial charge is 0.220 e. The van der Waals surface area contributed by atoms with Gasteiger partial charge in [0.2, 0.25) is 5.91 Å². The summed E-state index contributed by atoms with van der Waals surface area (Å²) < 4.78 is 0. The van der Waals surface area contributed by atoms with Crippen LogP contribution in [0.5, 0.6) is 0 Å². The van der Waals surface area contributed by atoms with Gasteiger partial charge >= 0.3 is 0 Å². The molecule has 1 aromatic heterocycles. The number of rotatable bonds is 6. The Hall–Kier alpha value is -1.20. The van der Waals surface area contributed by atoms with Gasteiger partial charge in [0.25, 0.3) is 0 Å². The van der Waals surface area contributed by atoms with Crippen LogP contribution < -0.4 is 5.32 Å². The van der Waals surface area contributed by atoms with Gasteiger partial charge in [-0.05, 0) is 26.8 Å². The van der Waals surface area contributed by atoms with Crippen LogP contribution in [0.1, 0.15) is 39.9 Å². The minimum absolute atomic E-state index is 0.00338. The first-order valence-electron chi connectivity index (χ1n) is 5.94. The number of hydrogen-bond acceptors (Lipinski definition) is 4. The number of amides is 1. The highest BCUT2D eigenvalue weighted by molar-refractivity contribution is 7.12. The number of hydrogen-bond donors (Lipinski definition) is 2. The molecule has 0 fully saturated rings. The van der Waals surface area contributed by atoms with E-state index < -0.39 is 0 Å². The molecule has 2 N–H and O–H groups in total. The molecule has 0 aliphatic rings. The minimum Gasteiger partial charge on any atom is -0.394 e. The molecule has 0 aliphatic carbocycles. The van der Waals surface area contributed by atoms with Gasteiger partial charge in [0.1, 0.15) is 0 Å². The fraction of sp³-hybridized carbons (Fsp3) is 0.538. The Morgan fingerprint density at radius 3 is 2.56 bits per heavy atom. The topological polar surface area (TPSA) is 66.4 Å². The Labute approximate surface area is 111 Å². The summed E-state index contributed by atoms with van der Waals surface area (Å²) in [4.78, 5) is 25.5. The van der Waals surface area contributed by atoms with Crippen molar-refractivity contribution in [2.75, 3.05) is 6.61 Å². The molecule has 100 valence electrons. The largest absolute Gasteiger partial charge is 0.394 e. The molecule has 1 amide bonds. The SMILES string of the molecule is Cc1cc(C(=O)CCC(=O)N[C@H](C)CO)c(C)s1. The molecular weight excluding hydrogens is 250 g/mol. The predicted octanol–water partition coefficient (Wildman–Crippen LogP) is 1.82. The molecule has 0 aromatic carbocycles. The van der Waals surface area contributed by atoms with E-state index in [1.165, 1.54) is 0 Å². The molecule has 1 heterocycles. The number of nitrogens with one attached hydrogen (secondary N) is 1. The van der Waals surface area contributed by atoms with Gasteiger partial charge in [-0.3, -0.25) is 9.59 Å². The van der Waals surface area contributed by atoms with E-state index in [9.17, 15) is 9.59 Å². The van der Waals surface area contributed by atoms with Crippen LogP contribution in [0, 0.1) is 13.8 Å². The second-order valence-electron chi connectivity index (χ2n) is 4.40. The second kappa shape index (κ2) is 6.66. The maximum Gasteiger partial charge on any atom is 0.220 e. The number of aliphatic hydroxyl groups is 1. The maximum atomic E-state index is 11.9. The number of carbonyl (C=O) groups is 2. The lowest BCUT2D eigenvalue weighted by molar-refractivity contribution is -0.121. The molecule has 0 spiro atoms. The van der Waals surface area contributed by atoms with Crippen LogP contribution in [0.3, 0.4) is 0 Å². The Morgan fingerprint density at radius 2 is 2.06 bits per heavy atom. The average Bonchev–Trinajstić information content (AvgIpc) is 2.65. The third-order valence-electron chi connectivity index (χ3n) is 2.60. The van der Waals surface area contributed by atoms with Crippen LogP contribution in [0.15, 0.2) is 6.07 Å². The normalized spacial score (nSPS) is 12.2. The molecular formula is C13H19NO3S. The lowest BCUT2D eigenvalue weighted by atomic mass is 10.1. The second-order valence-corrected chi connectivity index (χ2v) is 5.86. The number of aryl methyl sites for hydroxylation is 2. The van der Waals surface area contributed by atoms with E-state index in [0.29, 0.717) is 0 Å². The van der Waals surface area contributed by atoms with E-state index in [-0.39, 0.29) is 37.2 Å². The minimum atomic E-state index is -0.266. The average molecular weight is 269 g/mol. The summed E-state index contributed by atoms with van der Waals surface area (Å²) >= 11 is 1.59. The Bertz CT molecular complexity index is 439. The van der Waals surface area contributed by atoms with Gasteiger partial charge in [-0.25, -0.2) is 0 Å². The first-order chi connectivity index (χ1) is 8.43. The van der Waals surface area contributed by atoms with Gasteiger partial charge in [0.05, 0.1) is 6.61 Å². The number of aliphatic hydroxyl groups excluding tert-OH is 1. The molecule has 0 bridgehead atoms. The maximum absolute atomic E-state index is 11.9. The van der Waals surface area contributed by atoms with Crippen LogP contribution in [-0.4, -0.2) is 29.4 Å². The molecule has 5 heteroatoms. The molecule has 0 saturated carbocycles. The number of Topliss-reactive ketones (excluding diaryl/α,β-unsaturated/α-hetero) is 1. The van der Waals surface area contributed by atoms with E-state index in [4.69, 9.17) is 5.11 Å². The van der Waals surface area contributed by atoms with E-state index in [1.54, 1.807) is 18.3 Å². The van der Waals surface area contributed by atoms with Gasteiger partial charge in [0, 0.05) is 34.2 Å². The zero-order valence-electron chi connectivity index (χ0n) is 10.9. The highest BCUT2D eigenvalue weighted by Gasteiger charge is 2.14. The summed E-state index contributed by atoms with van der Waals surface area (Å²) in [6.07, 6.45) is 0.374. The first kappa shape index (κ1) is 14.9. The Kier molecular flexibility index (Phi) is 5.50. The van der Waals surface area contributed by atoms with E-state index in [0.717, 1.165) is 15.3 Å². The van der Waals surface area contributed by atoms with Crippen LogP contribution in [-0.2, 0) is 4.79 Å². The molecule has 1 aromatic rings. The number of ketones is 1. The Morgan fingerprint density at radius 1 is 1.39 bits per heavy atom. The summed E-state index contributed by atoms with van der Waals surface area (Å²) in [6, 6.07) is 1.61. The molecule has 0 unspecified atom stereocenters. The quantitative estimate of drug-likeness (QED) is 0.774. The van der Waals surface area contributed by atoms with Crippen molar-refractivity contribution in [2.24, 2.45) is 0 Å². The van der Waals surface area contributed by atoms with Crippen molar-refractivity contribution in [1.82, 2.24) is 5.32 Å². The van der Waals surface area contributed by atoms with Crippen molar-refractivity contribution >= 4 is 23.0 Å². The van der Waals surface area contributed by atoms with Crippen molar-refractivity contribution in [2.45, 2.75) is 39.7 Å². The fourth-order valence-electron chi connectivity index (χ4n) is 1.66. The third-order valence-corrected chi connectivity index (χ3v) is 3.57. The van der Waals surface area contributed by atoms with Gasteiger partial charge in [-0.15, -0.1) is 11.3 Å². The summed E-state index contributed by atoms with van der Waals surface area (Å²) in [5.41, 5.74) is 0.723. The van der Waals surface area contributed by atoms with Crippen molar-refractivity contribution in [3.63, 3.8) is 0 Å². The molecule has 0 aliphatic heterocycles. The summed E-state index contributed by atoms with van der Waals surface area (Å²) in [5, 5.41) is 11.4. The van der Waals surface area contributed by atoms with E-state index in [1.807, 2.05) is 19.9 Å². The standard InChI is InChI=1S/C13H19NO3S/c1-8(7-15)14-13(17)5-4-12(16)11-6-9(2)18-10(11)3/h6,8,15H,4-5,7H2,1-3H3,(H,14,17)/t8-/m1/s1. The predicted molar refractivity (Wildman–Crippen MR) is 72.0 cm³/mol. The highest BCUT2D eigenvalue weighted by atomic mass is 32.1. The monoisotopic (exact) mass is 269 g/mol. The lowest BCUT2D eigenvalue weighted by Crippen LogP contribution is -2.35. The summed E-state index contributed by atoms with van der Waals surface area (Å²) in [6.45, 7) is 5.50. The first-order valence-corrected chi connectivity index (χ1v) is 6.76. The van der Waals surface area contributed by atoms with Gasteiger partial charge < -0.3 is 10.4 Å². The highest BCUT2D eigenvalue weighted by Crippen LogP contribution is 2.22. The van der Waals surface area contributed by atoms with Gasteiger partial charge in [-0.1, -0.05) is 0 Å². The van der Waals surface area contributed by atoms with Gasteiger partial charge in [-0.2, -0.15) is 0 Å². The van der Waals surface area contributed by atoms with E-state index >= 15 is 0 Å². The van der Waals surface area contributed by atoms with Crippen molar-refractivity contribution in [3.05, 3.63) is 21.4 Å². The fourth-order valence-corrected chi connectivity index (χ4v) is 2.60. The van der Waals surface area contributed by atoms with Crippen LogP contribution >= 0.6 is 11.3 Å². The molecule has 1 rings (SSSR count). The summed E-state index contributed by atoms with van der Waals surface area (Å²) in [5.74, 6) is -0.196.